The molecule has 5 nitrogen and oxygen atoms in total. The molecule has 140 valence electrons. The van der Waals surface area contributed by atoms with Crippen LogP contribution in [-0.2, 0) is 11.2 Å². The monoisotopic (exact) mass is 363 g/mol. The van der Waals surface area contributed by atoms with Crippen molar-refractivity contribution in [3.63, 3.8) is 0 Å². The van der Waals surface area contributed by atoms with Crippen LogP contribution in [0.4, 0.5) is 5.69 Å². The van der Waals surface area contributed by atoms with Crippen LogP contribution in [0.25, 0.3) is 10.9 Å². The van der Waals surface area contributed by atoms with E-state index in [1.807, 2.05) is 23.5 Å². The number of H-pyrrole nitrogens is 1. The summed E-state index contributed by atoms with van der Waals surface area (Å²) >= 11 is 0. The van der Waals surface area contributed by atoms with Gasteiger partial charge in [0.2, 0.25) is 0 Å². The Morgan fingerprint density at radius 3 is 2.52 bits per heavy atom. The molecule has 3 N–H and O–H groups in total. The zero-order chi connectivity index (χ0) is 19.0. The largest absolute Gasteiger partial charge is 0.544 e. The van der Waals surface area contributed by atoms with Crippen LogP contribution in [0.3, 0.4) is 0 Å². The van der Waals surface area contributed by atoms with Gasteiger partial charge in [0.15, 0.2) is 6.04 Å². The van der Waals surface area contributed by atoms with Crippen molar-refractivity contribution in [1.82, 2.24) is 4.98 Å². The highest BCUT2D eigenvalue weighted by atomic mass is 16.4. The number of nitrogens with two attached hydrogens (primary N) is 1. The molecule has 0 saturated heterocycles. The maximum absolute atomic E-state index is 11.7. The molecule has 1 aromatic heterocycles. The first-order valence-electron chi connectivity index (χ1n) is 9.62. The normalized spacial score (nSPS) is 19.0. The van der Waals surface area contributed by atoms with Gasteiger partial charge in [-0.2, -0.15) is 0 Å². The molecule has 3 aromatic rings. The number of carboxylic acid groups (broad SMARTS) is 1. The molecule has 0 unspecified atom stereocenters. The number of carboxylic acids is 1. The van der Waals surface area contributed by atoms with Gasteiger partial charge in [0, 0.05) is 41.7 Å². The van der Waals surface area contributed by atoms with E-state index in [-0.39, 0.29) is 6.04 Å². The molecule has 2 aromatic carbocycles. The Bertz CT molecular complexity index is 957. The molecule has 0 saturated carbocycles. The summed E-state index contributed by atoms with van der Waals surface area (Å²) in [6.07, 6.45) is 0.482. The first-order chi connectivity index (χ1) is 13.1. The highest BCUT2D eigenvalue weighted by Gasteiger charge is 2.34. The quantitative estimate of drug-likeness (QED) is 0.718. The number of anilines is 1. The third-order valence-electron chi connectivity index (χ3n) is 5.69. The number of quaternary nitrogens is 1. The molecular formula is C22H25N3O2. The fourth-order valence-corrected chi connectivity index (χ4v) is 4.24. The Hall–Kier alpha value is -2.79. The van der Waals surface area contributed by atoms with Crippen molar-refractivity contribution < 1.29 is 15.2 Å². The maximum atomic E-state index is 11.7. The van der Waals surface area contributed by atoms with E-state index in [9.17, 15) is 9.90 Å². The summed E-state index contributed by atoms with van der Waals surface area (Å²) in [4.78, 5) is 17.5. The molecule has 0 aliphatic carbocycles. The second-order valence-electron chi connectivity index (χ2n) is 7.13. The summed E-state index contributed by atoms with van der Waals surface area (Å²) in [5, 5.41) is 14.7. The molecule has 1 aliphatic rings. The molecule has 1 aliphatic heterocycles. The van der Waals surface area contributed by atoms with Crippen LogP contribution < -0.4 is 15.3 Å². The fourth-order valence-electron chi connectivity index (χ4n) is 4.24. The van der Waals surface area contributed by atoms with E-state index in [2.05, 4.69) is 54.1 Å². The Balaban J connectivity index is 1.77. The number of carbonyl (C=O) groups is 1. The number of benzene rings is 2. The van der Waals surface area contributed by atoms with Crippen molar-refractivity contribution in [2.45, 2.75) is 32.4 Å². The number of hydrogen-bond donors (Lipinski definition) is 2. The Morgan fingerprint density at radius 1 is 1.15 bits per heavy atom. The standard InChI is InChI=1S/C22H25N3O2/c1-3-25(4-2)15-11-9-14(10-12-15)20-21-17(13-19(24-20)22(26)27)16-7-5-6-8-18(16)23-21/h5-12,19-20,23-24H,3-4,13H2,1-2H3,(H,26,27)/t19-,20-/m0/s1. The number of hydrogen-bond acceptors (Lipinski definition) is 3. The topological polar surface area (TPSA) is 75.8 Å². The predicted molar refractivity (Wildman–Crippen MR) is 105 cm³/mol. The SMILES string of the molecule is CCN(CC)c1ccc([C@@H]2[NH2+][C@H](C(=O)[O-])Cc3c2[nH]c2ccccc32)cc1. The number of aromatic nitrogens is 1. The molecule has 0 bridgehead atoms. The highest BCUT2D eigenvalue weighted by Crippen LogP contribution is 2.32. The predicted octanol–water partition coefficient (Wildman–Crippen LogP) is 1.34. The lowest BCUT2D eigenvalue weighted by atomic mass is 9.90. The van der Waals surface area contributed by atoms with Gasteiger partial charge in [-0.15, -0.1) is 0 Å². The van der Waals surface area contributed by atoms with Crippen molar-refractivity contribution >= 4 is 22.6 Å². The van der Waals surface area contributed by atoms with Crippen molar-refractivity contribution in [3.8, 4) is 0 Å². The average molecular weight is 363 g/mol. The van der Waals surface area contributed by atoms with Gasteiger partial charge < -0.3 is 25.1 Å². The van der Waals surface area contributed by atoms with E-state index in [0.717, 1.165) is 40.8 Å². The van der Waals surface area contributed by atoms with Crippen LogP contribution >= 0.6 is 0 Å². The lowest BCUT2D eigenvalue weighted by Crippen LogP contribution is -2.95. The van der Waals surface area contributed by atoms with E-state index in [4.69, 9.17) is 0 Å². The van der Waals surface area contributed by atoms with Gasteiger partial charge in [0.25, 0.3) is 0 Å². The van der Waals surface area contributed by atoms with E-state index in [1.54, 1.807) is 0 Å². The molecular weight excluding hydrogens is 338 g/mol. The summed E-state index contributed by atoms with van der Waals surface area (Å²) in [5.74, 6) is -1.00. The van der Waals surface area contributed by atoms with Gasteiger partial charge in [0.05, 0.1) is 11.7 Å². The molecule has 0 radical (unpaired) electrons. The zero-order valence-electron chi connectivity index (χ0n) is 15.7. The van der Waals surface area contributed by atoms with E-state index in [1.165, 1.54) is 5.69 Å². The summed E-state index contributed by atoms with van der Waals surface area (Å²) < 4.78 is 0. The van der Waals surface area contributed by atoms with Crippen LogP contribution in [0.15, 0.2) is 48.5 Å². The molecule has 4 rings (SSSR count). The first-order valence-corrected chi connectivity index (χ1v) is 9.62. The fraction of sp³-hybridized carbons (Fsp3) is 0.318. The van der Waals surface area contributed by atoms with Gasteiger partial charge in [-0.05, 0) is 37.6 Å². The van der Waals surface area contributed by atoms with Crippen LogP contribution in [-0.4, -0.2) is 30.1 Å². The minimum atomic E-state index is -1.00. The smallest absolute Gasteiger partial charge is 0.153 e. The number of fused-ring (bicyclic) bond motifs is 3. The lowest BCUT2D eigenvalue weighted by molar-refractivity contribution is -0.717. The van der Waals surface area contributed by atoms with Crippen molar-refractivity contribution in [1.29, 1.82) is 0 Å². The number of rotatable bonds is 5. The minimum absolute atomic E-state index is 0.0743. The van der Waals surface area contributed by atoms with Crippen molar-refractivity contribution in [3.05, 3.63) is 65.4 Å². The van der Waals surface area contributed by atoms with E-state index >= 15 is 0 Å². The lowest BCUT2D eigenvalue weighted by Gasteiger charge is -2.29. The van der Waals surface area contributed by atoms with E-state index in [0.29, 0.717) is 6.42 Å². The number of nitrogens with one attached hydrogen (secondary N) is 1. The van der Waals surface area contributed by atoms with Crippen molar-refractivity contribution in [2.24, 2.45) is 0 Å². The van der Waals surface area contributed by atoms with Gasteiger partial charge in [-0.25, -0.2) is 0 Å². The Morgan fingerprint density at radius 2 is 1.85 bits per heavy atom. The van der Waals surface area contributed by atoms with E-state index < -0.39 is 12.0 Å². The first kappa shape index (κ1) is 17.6. The summed E-state index contributed by atoms with van der Waals surface area (Å²) in [7, 11) is 0. The molecule has 2 heterocycles. The van der Waals surface area contributed by atoms with Crippen molar-refractivity contribution in [2.75, 3.05) is 18.0 Å². The molecule has 0 fully saturated rings. The summed E-state index contributed by atoms with van der Waals surface area (Å²) in [6.45, 7) is 6.22. The molecule has 27 heavy (non-hydrogen) atoms. The van der Waals surface area contributed by atoms with Crippen LogP contribution in [0.2, 0.25) is 0 Å². The van der Waals surface area contributed by atoms with Crippen LogP contribution in [0.5, 0.6) is 0 Å². The number of aromatic amines is 1. The average Bonchev–Trinajstić information content (AvgIpc) is 3.07. The summed E-state index contributed by atoms with van der Waals surface area (Å²) in [5.41, 5.74) is 5.54. The third-order valence-corrected chi connectivity index (χ3v) is 5.69. The molecule has 0 spiro atoms. The van der Waals surface area contributed by atoms with Gasteiger partial charge in [-0.3, -0.25) is 0 Å². The van der Waals surface area contributed by atoms with Crippen LogP contribution in [0, 0.1) is 0 Å². The van der Waals surface area contributed by atoms with Gasteiger partial charge >= 0.3 is 0 Å². The molecule has 5 heteroatoms. The minimum Gasteiger partial charge on any atom is -0.544 e. The second kappa shape index (κ2) is 7.08. The number of para-hydroxylation sites is 1. The molecule has 0 amide bonds. The van der Waals surface area contributed by atoms with Gasteiger partial charge in [0.1, 0.15) is 6.04 Å². The van der Waals surface area contributed by atoms with Crippen LogP contribution in [0.1, 0.15) is 36.7 Å². The maximum Gasteiger partial charge on any atom is 0.153 e. The zero-order valence-corrected chi connectivity index (χ0v) is 15.7. The number of aliphatic carboxylic acids is 1. The summed E-state index contributed by atoms with van der Waals surface area (Å²) in [6, 6.07) is 15.9. The molecule has 2 atom stereocenters. The Labute approximate surface area is 159 Å². The number of nitrogens with zero attached hydrogens (tertiary/aromatic N) is 1. The Kier molecular flexibility index (Phi) is 4.62. The highest BCUT2D eigenvalue weighted by molar-refractivity contribution is 5.86. The third kappa shape index (κ3) is 3.08. The number of carbonyl (C=O) groups excluding carboxylic acids is 1. The van der Waals surface area contributed by atoms with Gasteiger partial charge in [-0.1, -0.05) is 30.3 Å². The second-order valence-corrected chi connectivity index (χ2v) is 7.13.